The molecule has 2 saturated heterocycles. The van der Waals surface area contributed by atoms with Crippen molar-refractivity contribution in [2.75, 3.05) is 26.2 Å². The zero-order chi connectivity index (χ0) is 11.2. The van der Waals surface area contributed by atoms with Crippen LogP contribution >= 0.6 is 0 Å². The number of hydrogen-bond donors (Lipinski definition) is 1. The van der Waals surface area contributed by atoms with E-state index in [0.717, 1.165) is 38.6 Å². The SMILES string of the molecule is NC(=NCC1CCCO1)N1CCCCCC1. The lowest BCUT2D eigenvalue weighted by molar-refractivity contribution is 0.117. The smallest absolute Gasteiger partial charge is 0.191 e. The van der Waals surface area contributed by atoms with E-state index in [1.807, 2.05) is 0 Å². The number of nitrogens with two attached hydrogens (primary N) is 1. The summed E-state index contributed by atoms with van der Waals surface area (Å²) in [5.41, 5.74) is 6.02. The third-order valence-corrected chi connectivity index (χ3v) is 3.41. The van der Waals surface area contributed by atoms with Crippen molar-refractivity contribution in [3.63, 3.8) is 0 Å². The van der Waals surface area contributed by atoms with E-state index in [9.17, 15) is 0 Å². The molecule has 2 rings (SSSR count). The second kappa shape index (κ2) is 6.09. The van der Waals surface area contributed by atoms with E-state index < -0.39 is 0 Å². The Hall–Kier alpha value is -0.770. The maximum absolute atomic E-state index is 6.02. The van der Waals surface area contributed by atoms with Gasteiger partial charge in [-0.2, -0.15) is 0 Å². The maximum atomic E-state index is 6.02. The molecule has 2 fully saturated rings. The van der Waals surface area contributed by atoms with Gasteiger partial charge >= 0.3 is 0 Å². The van der Waals surface area contributed by atoms with Gasteiger partial charge in [-0.1, -0.05) is 12.8 Å². The first-order chi connectivity index (χ1) is 7.86. The molecule has 0 aromatic carbocycles. The molecule has 92 valence electrons. The lowest BCUT2D eigenvalue weighted by Gasteiger charge is -2.21. The van der Waals surface area contributed by atoms with Gasteiger partial charge in [0.05, 0.1) is 12.6 Å². The molecule has 2 aliphatic rings. The zero-order valence-corrected chi connectivity index (χ0v) is 10.0. The van der Waals surface area contributed by atoms with E-state index in [0.29, 0.717) is 6.10 Å². The van der Waals surface area contributed by atoms with Crippen LogP contribution in [0, 0.1) is 0 Å². The second-order valence-electron chi connectivity index (χ2n) is 4.74. The number of rotatable bonds is 2. The molecule has 1 atom stereocenters. The minimum Gasteiger partial charge on any atom is -0.376 e. The van der Waals surface area contributed by atoms with Crippen molar-refractivity contribution in [2.24, 2.45) is 10.7 Å². The molecular weight excluding hydrogens is 202 g/mol. The predicted octanol–water partition coefficient (Wildman–Crippen LogP) is 1.36. The highest BCUT2D eigenvalue weighted by atomic mass is 16.5. The average Bonchev–Trinajstić information content (AvgIpc) is 2.66. The van der Waals surface area contributed by atoms with E-state index in [4.69, 9.17) is 10.5 Å². The molecular formula is C12H23N3O. The molecule has 0 amide bonds. The summed E-state index contributed by atoms with van der Waals surface area (Å²) in [6.07, 6.45) is 7.77. The van der Waals surface area contributed by atoms with Crippen LogP contribution in [0.4, 0.5) is 0 Å². The Morgan fingerprint density at radius 2 is 1.94 bits per heavy atom. The van der Waals surface area contributed by atoms with Crippen LogP contribution in [0.3, 0.4) is 0 Å². The maximum Gasteiger partial charge on any atom is 0.191 e. The summed E-state index contributed by atoms with van der Waals surface area (Å²) >= 11 is 0. The Balaban J connectivity index is 1.79. The standard InChI is InChI=1S/C12H23N3O/c13-12(14-10-11-6-5-9-16-11)15-7-3-1-2-4-8-15/h11H,1-10H2,(H2,13,14). The van der Waals surface area contributed by atoms with Crippen LogP contribution in [-0.2, 0) is 4.74 Å². The topological polar surface area (TPSA) is 50.9 Å². The summed E-state index contributed by atoms with van der Waals surface area (Å²) < 4.78 is 5.53. The van der Waals surface area contributed by atoms with Crippen molar-refractivity contribution in [2.45, 2.75) is 44.6 Å². The second-order valence-corrected chi connectivity index (χ2v) is 4.74. The Labute approximate surface area is 97.9 Å². The van der Waals surface area contributed by atoms with Crippen LogP contribution in [0.1, 0.15) is 38.5 Å². The minimum absolute atomic E-state index is 0.311. The van der Waals surface area contributed by atoms with Gasteiger partial charge in [-0.3, -0.25) is 4.99 Å². The number of guanidine groups is 1. The number of aliphatic imine (C=N–C) groups is 1. The van der Waals surface area contributed by atoms with E-state index >= 15 is 0 Å². The van der Waals surface area contributed by atoms with Crippen LogP contribution in [-0.4, -0.2) is 43.2 Å². The zero-order valence-electron chi connectivity index (χ0n) is 10.0. The Morgan fingerprint density at radius 1 is 1.19 bits per heavy atom. The van der Waals surface area contributed by atoms with E-state index in [1.165, 1.54) is 32.1 Å². The molecule has 0 aliphatic carbocycles. The van der Waals surface area contributed by atoms with Gasteiger partial charge in [-0.05, 0) is 25.7 Å². The van der Waals surface area contributed by atoms with Crippen LogP contribution in [0.15, 0.2) is 4.99 Å². The van der Waals surface area contributed by atoms with Gasteiger partial charge in [0.2, 0.25) is 0 Å². The summed E-state index contributed by atoms with van der Waals surface area (Å²) in [6, 6.07) is 0. The summed E-state index contributed by atoms with van der Waals surface area (Å²) in [5.74, 6) is 0.720. The molecule has 2 N–H and O–H groups in total. The predicted molar refractivity (Wildman–Crippen MR) is 65.5 cm³/mol. The normalized spacial score (nSPS) is 28.1. The molecule has 2 aliphatic heterocycles. The lowest BCUT2D eigenvalue weighted by Crippen LogP contribution is -2.38. The summed E-state index contributed by atoms with van der Waals surface area (Å²) in [6.45, 7) is 3.77. The average molecular weight is 225 g/mol. The van der Waals surface area contributed by atoms with Crippen molar-refractivity contribution < 1.29 is 4.74 Å². The molecule has 0 saturated carbocycles. The molecule has 1 unspecified atom stereocenters. The van der Waals surface area contributed by atoms with Crippen LogP contribution in [0.2, 0.25) is 0 Å². The monoisotopic (exact) mass is 225 g/mol. The van der Waals surface area contributed by atoms with Crippen LogP contribution in [0.25, 0.3) is 0 Å². The van der Waals surface area contributed by atoms with Crippen LogP contribution < -0.4 is 5.73 Å². The number of likely N-dealkylation sites (tertiary alicyclic amines) is 1. The van der Waals surface area contributed by atoms with Gasteiger partial charge in [-0.15, -0.1) is 0 Å². The first-order valence-electron chi connectivity index (χ1n) is 6.53. The van der Waals surface area contributed by atoms with Gasteiger partial charge in [0, 0.05) is 19.7 Å². The Bertz CT molecular complexity index is 228. The van der Waals surface area contributed by atoms with Gasteiger partial charge in [-0.25, -0.2) is 0 Å². The number of ether oxygens (including phenoxy) is 1. The quantitative estimate of drug-likeness (QED) is 0.570. The third kappa shape index (κ3) is 3.37. The molecule has 16 heavy (non-hydrogen) atoms. The molecule has 2 heterocycles. The molecule has 0 aromatic heterocycles. The van der Waals surface area contributed by atoms with Gasteiger partial charge in [0.15, 0.2) is 5.96 Å². The summed E-state index contributed by atoms with van der Waals surface area (Å²) in [5, 5.41) is 0. The number of hydrogen-bond acceptors (Lipinski definition) is 2. The fraction of sp³-hybridized carbons (Fsp3) is 0.917. The molecule has 4 nitrogen and oxygen atoms in total. The lowest BCUT2D eigenvalue weighted by atomic mass is 10.2. The van der Waals surface area contributed by atoms with E-state index in [2.05, 4.69) is 9.89 Å². The van der Waals surface area contributed by atoms with Crippen LogP contribution in [0.5, 0.6) is 0 Å². The van der Waals surface area contributed by atoms with Crippen molar-refractivity contribution in [3.8, 4) is 0 Å². The molecule has 0 bridgehead atoms. The van der Waals surface area contributed by atoms with Crippen molar-refractivity contribution in [1.29, 1.82) is 0 Å². The Morgan fingerprint density at radius 3 is 2.56 bits per heavy atom. The highest BCUT2D eigenvalue weighted by Crippen LogP contribution is 2.13. The minimum atomic E-state index is 0.311. The summed E-state index contributed by atoms with van der Waals surface area (Å²) in [4.78, 5) is 6.69. The largest absolute Gasteiger partial charge is 0.376 e. The first-order valence-corrected chi connectivity index (χ1v) is 6.53. The highest BCUT2D eigenvalue weighted by Gasteiger charge is 2.16. The molecule has 0 aromatic rings. The fourth-order valence-electron chi connectivity index (χ4n) is 2.38. The van der Waals surface area contributed by atoms with Gasteiger partial charge in [0.1, 0.15) is 0 Å². The highest BCUT2D eigenvalue weighted by molar-refractivity contribution is 5.78. The van der Waals surface area contributed by atoms with E-state index in [1.54, 1.807) is 0 Å². The van der Waals surface area contributed by atoms with Crippen molar-refractivity contribution in [3.05, 3.63) is 0 Å². The fourth-order valence-corrected chi connectivity index (χ4v) is 2.38. The van der Waals surface area contributed by atoms with Gasteiger partial charge in [0.25, 0.3) is 0 Å². The molecule has 0 spiro atoms. The summed E-state index contributed by atoms with van der Waals surface area (Å²) in [7, 11) is 0. The molecule has 4 heteroatoms. The first kappa shape index (κ1) is 11.7. The Kier molecular flexibility index (Phi) is 4.45. The number of nitrogens with zero attached hydrogens (tertiary/aromatic N) is 2. The van der Waals surface area contributed by atoms with Gasteiger partial charge < -0.3 is 15.4 Å². The van der Waals surface area contributed by atoms with E-state index in [-0.39, 0.29) is 0 Å². The molecule has 0 radical (unpaired) electrons. The van der Waals surface area contributed by atoms with Crippen molar-refractivity contribution >= 4 is 5.96 Å². The van der Waals surface area contributed by atoms with Crippen molar-refractivity contribution in [1.82, 2.24) is 4.90 Å². The third-order valence-electron chi connectivity index (χ3n) is 3.41.